The first-order valence-corrected chi connectivity index (χ1v) is 7.40. The summed E-state index contributed by atoms with van der Waals surface area (Å²) in [5.41, 5.74) is 0.939. The largest absolute Gasteiger partial charge is 0.463 e. The van der Waals surface area contributed by atoms with Gasteiger partial charge in [-0.05, 0) is 49.4 Å². The fourth-order valence-electron chi connectivity index (χ4n) is 5.86. The zero-order valence-corrected chi connectivity index (χ0v) is 12.2. The van der Waals surface area contributed by atoms with Crippen molar-refractivity contribution in [2.24, 2.45) is 28.1 Å². The maximum atomic E-state index is 10.9. The molecule has 0 saturated heterocycles. The van der Waals surface area contributed by atoms with Crippen molar-refractivity contribution in [1.29, 1.82) is 0 Å². The molecule has 0 radical (unpaired) electrons. The molecule has 2 nitrogen and oxygen atoms in total. The highest BCUT2D eigenvalue weighted by atomic mass is 16.5. The van der Waals surface area contributed by atoms with Crippen molar-refractivity contribution in [3.8, 4) is 0 Å². The summed E-state index contributed by atoms with van der Waals surface area (Å²) in [6.45, 7) is 10.2. The summed E-state index contributed by atoms with van der Waals surface area (Å²) in [5, 5.41) is 0. The molecule has 0 amide bonds. The number of fused-ring (bicyclic) bond motifs is 4. The van der Waals surface area contributed by atoms with Gasteiger partial charge in [0.05, 0.1) is 0 Å². The van der Waals surface area contributed by atoms with E-state index in [-0.39, 0.29) is 16.9 Å². The Balaban J connectivity index is 1.97. The first-order chi connectivity index (χ1) is 8.31. The van der Waals surface area contributed by atoms with Crippen molar-refractivity contribution < 1.29 is 9.53 Å². The third kappa shape index (κ3) is 1.50. The van der Waals surface area contributed by atoms with Gasteiger partial charge in [0.2, 0.25) is 0 Å². The summed E-state index contributed by atoms with van der Waals surface area (Å²) >= 11 is 0. The van der Waals surface area contributed by atoms with E-state index in [9.17, 15) is 4.79 Å². The van der Waals surface area contributed by atoms with Gasteiger partial charge in [-0.25, -0.2) is 0 Å². The minimum atomic E-state index is 0.151. The van der Waals surface area contributed by atoms with Gasteiger partial charge in [0.15, 0.2) is 0 Å². The summed E-state index contributed by atoms with van der Waals surface area (Å²) in [5.74, 6) is 1.61. The molecule has 2 heteroatoms. The van der Waals surface area contributed by atoms with Crippen LogP contribution in [-0.2, 0) is 9.53 Å². The molecular weight excluding hydrogens is 224 g/mol. The van der Waals surface area contributed by atoms with Crippen LogP contribution in [0.2, 0.25) is 0 Å². The number of rotatable bonds is 2. The van der Waals surface area contributed by atoms with Crippen LogP contribution in [0, 0.1) is 28.1 Å². The van der Waals surface area contributed by atoms with E-state index in [1.807, 2.05) is 0 Å². The second-order valence-corrected chi connectivity index (χ2v) is 8.42. The Labute approximate surface area is 110 Å². The van der Waals surface area contributed by atoms with Crippen LogP contribution in [0.4, 0.5) is 0 Å². The summed E-state index contributed by atoms with van der Waals surface area (Å²) in [6, 6.07) is 0. The third-order valence-electron chi connectivity index (χ3n) is 6.39. The minimum absolute atomic E-state index is 0.151. The minimum Gasteiger partial charge on any atom is -0.463 e. The second-order valence-electron chi connectivity index (χ2n) is 8.42. The van der Waals surface area contributed by atoms with Crippen LogP contribution < -0.4 is 0 Å². The van der Waals surface area contributed by atoms with Crippen molar-refractivity contribution >= 4 is 6.47 Å². The lowest BCUT2D eigenvalue weighted by Gasteiger charge is -2.49. The van der Waals surface area contributed by atoms with E-state index < -0.39 is 0 Å². The SMILES string of the molecule is CC1(C)C[C@H]2C[C@]3(C)CC[C@@](C)([C@@H]3OC=O)[C@H]2C1. The van der Waals surface area contributed by atoms with Gasteiger partial charge in [-0.3, -0.25) is 4.79 Å². The Morgan fingerprint density at radius 3 is 2.44 bits per heavy atom. The number of carbonyl (C=O) groups excluding carboxylic acids is 1. The average Bonchev–Trinajstić information content (AvgIpc) is 2.66. The monoisotopic (exact) mass is 250 g/mol. The smallest absolute Gasteiger partial charge is 0.293 e. The van der Waals surface area contributed by atoms with Crippen molar-refractivity contribution in [3.05, 3.63) is 0 Å². The van der Waals surface area contributed by atoms with E-state index in [0.29, 0.717) is 11.9 Å². The zero-order valence-electron chi connectivity index (χ0n) is 12.2. The molecule has 0 aromatic heterocycles. The van der Waals surface area contributed by atoms with Crippen LogP contribution in [-0.4, -0.2) is 12.6 Å². The summed E-state index contributed by atoms with van der Waals surface area (Å²) in [4.78, 5) is 10.9. The summed E-state index contributed by atoms with van der Waals surface area (Å²) < 4.78 is 5.57. The molecule has 0 N–H and O–H groups in total. The standard InChI is InChI=1S/C16H26O2/c1-14(2)7-11-8-15(3)5-6-16(4,12(11)9-14)13(15)18-10-17/h10-13H,5-9H2,1-4H3/t11-,12-,13+,15-,16+/m0/s1. The molecule has 5 atom stereocenters. The zero-order chi connectivity index (χ0) is 13.2. The number of hydrogen-bond donors (Lipinski definition) is 0. The van der Waals surface area contributed by atoms with Crippen molar-refractivity contribution in [1.82, 2.24) is 0 Å². The quantitative estimate of drug-likeness (QED) is 0.697. The van der Waals surface area contributed by atoms with Gasteiger partial charge in [0.1, 0.15) is 6.10 Å². The maximum Gasteiger partial charge on any atom is 0.293 e. The highest BCUT2D eigenvalue weighted by Gasteiger charge is 2.65. The van der Waals surface area contributed by atoms with Crippen LogP contribution in [0.15, 0.2) is 0 Å². The van der Waals surface area contributed by atoms with Crippen LogP contribution in [0.1, 0.15) is 59.8 Å². The Morgan fingerprint density at radius 2 is 1.78 bits per heavy atom. The third-order valence-corrected chi connectivity index (χ3v) is 6.39. The first-order valence-electron chi connectivity index (χ1n) is 7.40. The van der Waals surface area contributed by atoms with Gasteiger partial charge in [0, 0.05) is 10.8 Å². The number of hydrogen-bond acceptors (Lipinski definition) is 2. The predicted octanol–water partition coefficient (Wildman–Crippen LogP) is 3.79. The van der Waals surface area contributed by atoms with Gasteiger partial charge in [-0.15, -0.1) is 0 Å². The highest BCUT2D eigenvalue weighted by molar-refractivity contribution is 5.38. The van der Waals surface area contributed by atoms with Crippen LogP contribution >= 0.6 is 0 Å². The van der Waals surface area contributed by atoms with Gasteiger partial charge in [-0.2, -0.15) is 0 Å². The lowest BCUT2D eigenvalue weighted by molar-refractivity contribution is -0.159. The fourth-order valence-corrected chi connectivity index (χ4v) is 5.86. The van der Waals surface area contributed by atoms with Crippen molar-refractivity contribution in [2.75, 3.05) is 0 Å². The molecule has 0 unspecified atom stereocenters. The molecule has 3 saturated carbocycles. The van der Waals surface area contributed by atoms with Crippen molar-refractivity contribution in [2.45, 2.75) is 65.9 Å². The van der Waals surface area contributed by atoms with Gasteiger partial charge < -0.3 is 4.74 Å². The number of ether oxygens (including phenoxy) is 1. The van der Waals surface area contributed by atoms with Crippen LogP contribution in [0.25, 0.3) is 0 Å². The van der Waals surface area contributed by atoms with Crippen molar-refractivity contribution in [3.63, 3.8) is 0 Å². The number of carbonyl (C=O) groups is 1. The van der Waals surface area contributed by atoms with E-state index in [0.717, 1.165) is 11.8 Å². The van der Waals surface area contributed by atoms with E-state index in [1.165, 1.54) is 32.1 Å². The molecule has 2 bridgehead atoms. The molecule has 0 spiro atoms. The fraction of sp³-hybridized carbons (Fsp3) is 0.938. The van der Waals surface area contributed by atoms with E-state index in [2.05, 4.69) is 27.7 Å². The van der Waals surface area contributed by atoms with Crippen LogP contribution in [0.3, 0.4) is 0 Å². The molecule has 3 aliphatic carbocycles. The maximum absolute atomic E-state index is 10.9. The Kier molecular flexibility index (Phi) is 2.44. The molecular formula is C16H26O2. The molecule has 0 aromatic rings. The highest BCUT2D eigenvalue weighted by Crippen LogP contribution is 2.69. The molecule has 18 heavy (non-hydrogen) atoms. The molecule has 102 valence electrons. The normalized spacial score (nSPS) is 53.0. The lowest BCUT2D eigenvalue weighted by Crippen LogP contribution is -2.50. The van der Waals surface area contributed by atoms with E-state index in [1.54, 1.807) is 0 Å². The second kappa shape index (κ2) is 3.52. The molecule has 3 rings (SSSR count). The summed E-state index contributed by atoms with van der Waals surface area (Å²) in [7, 11) is 0. The molecule has 0 aromatic carbocycles. The Morgan fingerprint density at radius 1 is 1.06 bits per heavy atom. The molecule has 3 fully saturated rings. The van der Waals surface area contributed by atoms with Gasteiger partial charge >= 0.3 is 0 Å². The Hall–Kier alpha value is -0.530. The van der Waals surface area contributed by atoms with E-state index >= 15 is 0 Å². The molecule has 3 aliphatic rings. The van der Waals surface area contributed by atoms with Gasteiger partial charge in [-0.1, -0.05) is 27.7 Å². The van der Waals surface area contributed by atoms with Gasteiger partial charge in [0.25, 0.3) is 6.47 Å². The first kappa shape index (κ1) is 12.5. The predicted molar refractivity (Wildman–Crippen MR) is 71.0 cm³/mol. The summed E-state index contributed by atoms with van der Waals surface area (Å²) in [6.07, 6.45) is 6.54. The Bertz CT molecular complexity index is 375. The molecule has 0 aliphatic heterocycles. The average molecular weight is 250 g/mol. The molecule has 0 heterocycles. The lowest BCUT2D eigenvalue weighted by atomic mass is 9.59. The van der Waals surface area contributed by atoms with Crippen LogP contribution in [0.5, 0.6) is 0 Å². The topological polar surface area (TPSA) is 26.3 Å². The van der Waals surface area contributed by atoms with E-state index in [4.69, 9.17) is 4.74 Å².